The van der Waals surface area contributed by atoms with Crippen LogP contribution in [0.2, 0.25) is 0 Å². The number of fused-ring (bicyclic) bond motifs is 1. The molecule has 1 aliphatic rings. The van der Waals surface area contributed by atoms with Crippen LogP contribution >= 0.6 is 0 Å². The van der Waals surface area contributed by atoms with E-state index in [1.54, 1.807) is 19.9 Å². The molecule has 1 aromatic rings. The Kier molecular flexibility index (Phi) is 6.57. The molecule has 0 aromatic heterocycles. The van der Waals surface area contributed by atoms with Gasteiger partial charge >= 0.3 is 5.97 Å². The van der Waals surface area contributed by atoms with E-state index in [0.29, 0.717) is 5.57 Å². The number of aromatic hydroxyl groups is 1. The topological polar surface area (TPSA) is 89.9 Å². The minimum Gasteiger partial charge on any atom is -0.507 e. The van der Waals surface area contributed by atoms with Crippen LogP contribution in [-0.2, 0) is 9.53 Å². The molecule has 1 N–H and O–H groups in total. The highest BCUT2D eigenvalue weighted by Gasteiger charge is 2.36. The lowest BCUT2D eigenvalue weighted by Gasteiger charge is -2.24. The zero-order chi connectivity index (χ0) is 21.0. The van der Waals surface area contributed by atoms with E-state index >= 15 is 0 Å². The fourth-order valence-corrected chi connectivity index (χ4v) is 2.80. The second-order valence-electron chi connectivity index (χ2n) is 6.71. The van der Waals surface area contributed by atoms with Gasteiger partial charge in [-0.1, -0.05) is 17.7 Å². The van der Waals surface area contributed by atoms with Gasteiger partial charge in [-0.15, -0.1) is 0 Å². The molecule has 28 heavy (non-hydrogen) atoms. The van der Waals surface area contributed by atoms with Crippen molar-refractivity contribution >= 4 is 17.5 Å². The maximum atomic E-state index is 13.1. The molecule has 1 aromatic carbocycles. The number of benzene rings is 1. The first-order chi connectivity index (χ1) is 13.2. The van der Waals surface area contributed by atoms with E-state index in [0.717, 1.165) is 11.6 Å². The molecule has 0 saturated heterocycles. The molecule has 2 rings (SSSR count). The Hall–Kier alpha value is -3.15. The fraction of sp³-hybridized carbons (Fsp3) is 0.318. The lowest BCUT2D eigenvalue weighted by atomic mass is 9.85. The van der Waals surface area contributed by atoms with Crippen molar-refractivity contribution in [2.75, 3.05) is 7.11 Å². The third kappa shape index (κ3) is 4.22. The van der Waals surface area contributed by atoms with E-state index in [1.807, 2.05) is 19.9 Å². The minimum absolute atomic E-state index is 0.00757. The summed E-state index contributed by atoms with van der Waals surface area (Å²) < 4.78 is 10.7. The number of phenolic OH excluding ortho intramolecular Hbond substituents is 1. The molecule has 1 atom stereocenters. The number of hydrogen-bond acceptors (Lipinski definition) is 6. The average Bonchev–Trinajstić information content (AvgIpc) is 2.66. The van der Waals surface area contributed by atoms with Crippen molar-refractivity contribution in [3.05, 3.63) is 58.2 Å². The highest BCUT2D eigenvalue weighted by Crippen LogP contribution is 2.37. The summed E-state index contributed by atoms with van der Waals surface area (Å²) in [5, 5.41) is 10.2. The molecule has 0 saturated carbocycles. The van der Waals surface area contributed by atoms with Crippen molar-refractivity contribution in [1.82, 2.24) is 0 Å². The Morgan fingerprint density at radius 2 is 1.86 bits per heavy atom. The summed E-state index contributed by atoms with van der Waals surface area (Å²) in [6.45, 7) is 7.07. The molecule has 0 aliphatic heterocycles. The molecule has 6 heteroatoms. The second-order valence-corrected chi connectivity index (χ2v) is 6.71. The Labute approximate surface area is 164 Å². The minimum atomic E-state index is -0.951. The molecule has 0 radical (unpaired) electrons. The SMILES string of the molecule is CC=C(C)C(=O)O[C@@H](CC=C(C)C)C1=CC(=O)c2c(OC)ccc(O)c2C1=O. The highest BCUT2D eigenvalue weighted by atomic mass is 16.5. The van der Waals surface area contributed by atoms with Crippen molar-refractivity contribution in [3.63, 3.8) is 0 Å². The normalized spacial score (nSPS) is 14.8. The standard InChI is InChI=1S/C22H24O6/c1-6-13(4)22(26)28-17(9-7-12(2)3)14-11-16(24)19-18(27-5)10-8-15(23)20(19)21(14)25/h6-8,10-11,17,23H,9H2,1-5H3/t17-/m0/s1. The quantitative estimate of drug-likeness (QED) is 0.454. The van der Waals surface area contributed by atoms with Crippen LogP contribution < -0.4 is 4.74 Å². The number of ether oxygens (including phenoxy) is 2. The number of hydrogen-bond donors (Lipinski definition) is 1. The lowest BCUT2D eigenvalue weighted by Crippen LogP contribution is -2.29. The molecule has 0 bridgehead atoms. The van der Waals surface area contributed by atoms with Gasteiger partial charge in [0.1, 0.15) is 17.6 Å². The molecule has 0 amide bonds. The van der Waals surface area contributed by atoms with Gasteiger partial charge in [-0.25, -0.2) is 4.79 Å². The number of rotatable bonds is 6. The number of Topliss-reactive ketones (excluding diaryl/α,β-unsaturated/α-hetero) is 1. The number of carbonyl (C=O) groups is 3. The first-order valence-corrected chi connectivity index (χ1v) is 8.89. The smallest absolute Gasteiger partial charge is 0.334 e. The maximum absolute atomic E-state index is 13.1. The van der Waals surface area contributed by atoms with Crippen molar-refractivity contribution in [2.45, 2.75) is 40.2 Å². The molecular weight excluding hydrogens is 360 g/mol. The van der Waals surface area contributed by atoms with E-state index in [1.165, 1.54) is 19.2 Å². The monoisotopic (exact) mass is 384 g/mol. The van der Waals surface area contributed by atoms with E-state index in [4.69, 9.17) is 9.47 Å². The van der Waals surface area contributed by atoms with Gasteiger partial charge in [0.2, 0.25) is 0 Å². The Morgan fingerprint density at radius 3 is 2.43 bits per heavy atom. The number of ketones is 2. The van der Waals surface area contributed by atoms with E-state index in [9.17, 15) is 19.5 Å². The number of carbonyl (C=O) groups excluding carboxylic acids is 3. The van der Waals surface area contributed by atoms with Crippen molar-refractivity contribution in [2.24, 2.45) is 0 Å². The molecule has 0 fully saturated rings. The van der Waals surface area contributed by atoms with E-state index in [2.05, 4.69) is 0 Å². The summed E-state index contributed by atoms with van der Waals surface area (Å²) in [5.74, 6) is -1.75. The van der Waals surface area contributed by atoms with Gasteiger partial charge in [-0.3, -0.25) is 9.59 Å². The van der Waals surface area contributed by atoms with Crippen molar-refractivity contribution in [3.8, 4) is 11.5 Å². The Bertz CT molecular complexity index is 913. The van der Waals surface area contributed by atoms with Gasteiger partial charge in [-0.05, 0) is 45.9 Å². The second kappa shape index (κ2) is 8.69. The Morgan fingerprint density at radius 1 is 1.18 bits per heavy atom. The largest absolute Gasteiger partial charge is 0.507 e. The van der Waals surface area contributed by atoms with Gasteiger partial charge < -0.3 is 14.6 Å². The third-order valence-corrected chi connectivity index (χ3v) is 4.48. The van der Waals surface area contributed by atoms with Crippen LogP contribution in [0, 0.1) is 0 Å². The maximum Gasteiger partial charge on any atom is 0.334 e. The van der Waals surface area contributed by atoms with Crippen LogP contribution in [0.5, 0.6) is 11.5 Å². The average molecular weight is 384 g/mol. The fourth-order valence-electron chi connectivity index (χ4n) is 2.80. The molecule has 0 unspecified atom stereocenters. The molecule has 1 aliphatic carbocycles. The van der Waals surface area contributed by atoms with E-state index < -0.39 is 23.6 Å². The van der Waals surface area contributed by atoms with Crippen LogP contribution in [0.15, 0.2) is 47.1 Å². The van der Waals surface area contributed by atoms with Crippen molar-refractivity contribution < 1.29 is 29.0 Å². The molecule has 148 valence electrons. The number of methoxy groups -OCH3 is 1. The number of esters is 1. The molecular formula is C22H24O6. The third-order valence-electron chi connectivity index (χ3n) is 4.48. The Balaban J connectivity index is 2.53. The van der Waals surface area contributed by atoms with Crippen molar-refractivity contribution in [1.29, 1.82) is 0 Å². The van der Waals surface area contributed by atoms with Gasteiger partial charge in [0.25, 0.3) is 0 Å². The first kappa shape index (κ1) is 21.2. The molecule has 6 nitrogen and oxygen atoms in total. The molecule has 0 heterocycles. The predicted octanol–water partition coefficient (Wildman–Crippen LogP) is 3.94. The summed E-state index contributed by atoms with van der Waals surface area (Å²) in [5.41, 5.74) is 1.26. The summed E-state index contributed by atoms with van der Waals surface area (Å²) in [6.07, 6.45) is 3.87. The van der Waals surface area contributed by atoms with E-state index in [-0.39, 0.29) is 34.6 Å². The first-order valence-electron chi connectivity index (χ1n) is 8.89. The molecule has 0 spiro atoms. The predicted molar refractivity (Wildman–Crippen MR) is 105 cm³/mol. The zero-order valence-electron chi connectivity index (χ0n) is 16.7. The van der Waals surface area contributed by atoms with Crippen LogP contribution in [0.4, 0.5) is 0 Å². The lowest BCUT2D eigenvalue weighted by molar-refractivity contribution is -0.142. The summed E-state index contributed by atoms with van der Waals surface area (Å²) in [6, 6.07) is 2.72. The number of phenols is 1. The summed E-state index contributed by atoms with van der Waals surface area (Å²) >= 11 is 0. The van der Waals surface area contributed by atoms with Gasteiger partial charge in [0, 0.05) is 17.6 Å². The van der Waals surface area contributed by atoms with Crippen LogP contribution in [-0.4, -0.2) is 35.9 Å². The van der Waals surface area contributed by atoms with Gasteiger partial charge in [-0.2, -0.15) is 0 Å². The zero-order valence-corrected chi connectivity index (χ0v) is 16.7. The van der Waals surface area contributed by atoms with Crippen LogP contribution in [0.25, 0.3) is 0 Å². The van der Waals surface area contributed by atoms with Crippen LogP contribution in [0.1, 0.15) is 54.8 Å². The van der Waals surface area contributed by atoms with Crippen LogP contribution in [0.3, 0.4) is 0 Å². The van der Waals surface area contributed by atoms with Gasteiger partial charge in [0.05, 0.1) is 18.2 Å². The summed E-state index contributed by atoms with van der Waals surface area (Å²) in [7, 11) is 1.38. The van der Waals surface area contributed by atoms with Gasteiger partial charge in [0.15, 0.2) is 11.6 Å². The highest BCUT2D eigenvalue weighted by molar-refractivity contribution is 6.27. The summed E-state index contributed by atoms with van der Waals surface area (Å²) in [4.78, 5) is 38.1. The number of allylic oxidation sites excluding steroid dienone is 3.